The monoisotopic (exact) mass is 197 g/mol. The average Bonchev–Trinajstić information content (AvgIpc) is 2.10. The van der Waals surface area contributed by atoms with Crippen LogP contribution >= 0.6 is 11.6 Å². The van der Waals surface area contributed by atoms with Gasteiger partial charge in [0.25, 0.3) is 0 Å². The summed E-state index contributed by atoms with van der Waals surface area (Å²) in [6.07, 6.45) is 0. The Balaban J connectivity index is 3.28. The quantitative estimate of drug-likeness (QED) is 0.738. The molecule has 70 valence electrons. The van der Waals surface area contributed by atoms with E-state index in [0.717, 1.165) is 11.1 Å². The van der Waals surface area contributed by atoms with Gasteiger partial charge in [-0.05, 0) is 37.1 Å². The summed E-state index contributed by atoms with van der Waals surface area (Å²) in [6, 6.07) is 3.65. The number of rotatable bonds is 2. The Hall–Kier alpha value is -0.860. The highest BCUT2D eigenvalue weighted by Gasteiger charge is 2.09. The van der Waals surface area contributed by atoms with E-state index in [2.05, 4.69) is 0 Å². The predicted octanol–water partition coefficient (Wildman–Crippen LogP) is 2.10. The number of hydrogen-bond donors (Lipinski definition) is 1. The molecular formula is C10H12ClNO. The molecule has 0 spiro atoms. The Bertz CT molecular complexity index is 347. The molecule has 1 rings (SSSR count). The van der Waals surface area contributed by atoms with Crippen LogP contribution in [0.3, 0.4) is 0 Å². The molecule has 2 N–H and O–H groups in total. The molecule has 0 radical (unpaired) electrons. The number of carbonyl (C=O) groups excluding carboxylic acids is 1. The van der Waals surface area contributed by atoms with Crippen molar-refractivity contribution in [2.24, 2.45) is 5.73 Å². The molecular weight excluding hydrogens is 186 g/mol. The van der Waals surface area contributed by atoms with Gasteiger partial charge in [-0.15, -0.1) is 0 Å². The van der Waals surface area contributed by atoms with Crippen LogP contribution in [0.5, 0.6) is 0 Å². The van der Waals surface area contributed by atoms with Gasteiger partial charge in [0.15, 0.2) is 5.78 Å². The van der Waals surface area contributed by atoms with E-state index in [0.29, 0.717) is 10.6 Å². The lowest BCUT2D eigenvalue weighted by molar-refractivity contribution is 0.100. The number of halogens is 1. The number of aryl methyl sites for hydroxylation is 1. The molecule has 0 unspecified atom stereocenters. The molecule has 0 aromatic heterocycles. The summed E-state index contributed by atoms with van der Waals surface area (Å²) in [5.41, 5.74) is 7.70. The van der Waals surface area contributed by atoms with Crippen LogP contribution in [0, 0.1) is 13.8 Å². The van der Waals surface area contributed by atoms with Gasteiger partial charge in [0.2, 0.25) is 0 Å². The zero-order valence-electron chi connectivity index (χ0n) is 7.73. The first-order chi connectivity index (χ1) is 6.06. The normalized spacial score (nSPS) is 10.2. The Morgan fingerprint density at radius 2 is 2.08 bits per heavy atom. The maximum Gasteiger partial charge on any atom is 0.176 e. The summed E-state index contributed by atoms with van der Waals surface area (Å²) < 4.78 is 0. The molecule has 1 aromatic rings. The number of carbonyl (C=O) groups is 1. The van der Waals surface area contributed by atoms with E-state index in [9.17, 15) is 4.79 Å². The van der Waals surface area contributed by atoms with Crippen molar-refractivity contribution in [1.82, 2.24) is 0 Å². The van der Waals surface area contributed by atoms with Gasteiger partial charge < -0.3 is 5.73 Å². The number of Topliss-reactive ketones (excluding diaryl/α,β-unsaturated/α-hetero) is 1. The molecule has 0 atom stereocenters. The lowest BCUT2D eigenvalue weighted by atomic mass is 10.0. The van der Waals surface area contributed by atoms with Gasteiger partial charge in [0.05, 0.1) is 6.54 Å². The largest absolute Gasteiger partial charge is 0.324 e. The van der Waals surface area contributed by atoms with Gasteiger partial charge in [-0.2, -0.15) is 0 Å². The van der Waals surface area contributed by atoms with Gasteiger partial charge in [0.1, 0.15) is 0 Å². The zero-order chi connectivity index (χ0) is 10.0. The van der Waals surface area contributed by atoms with Crippen LogP contribution in [-0.2, 0) is 0 Å². The molecule has 0 amide bonds. The fraction of sp³-hybridized carbons (Fsp3) is 0.300. The number of ketones is 1. The second kappa shape index (κ2) is 3.90. The third-order valence-corrected chi connectivity index (χ3v) is 2.37. The zero-order valence-corrected chi connectivity index (χ0v) is 8.48. The van der Waals surface area contributed by atoms with E-state index in [1.807, 2.05) is 26.0 Å². The second-order valence-corrected chi connectivity index (χ2v) is 3.45. The number of nitrogens with two attached hydrogens (primary N) is 1. The van der Waals surface area contributed by atoms with Crippen molar-refractivity contribution in [2.45, 2.75) is 13.8 Å². The minimum absolute atomic E-state index is 0.0284. The molecule has 13 heavy (non-hydrogen) atoms. The van der Waals surface area contributed by atoms with Crippen molar-refractivity contribution in [1.29, 1.82) is 0 Å². The summed E-state index contributed by atoms with van der Waals surface area (Å²) >= 11 is 5.93. The summed E-state index contributed by atoms with van der Waals surface area (Å²) in [4.78, 5) is 11.4. The molecule has 2 nitrogen and oxygen atoms in total. The number of benzene rings is 1. The van der Waals surface area contributed by atoms with Crippen molar-refractivity contribution in [2.75, 3.05) is 6.54 Å². The Kier molecular flexibility index (Phi) is 3.07. The Morgan fingerprint density at radius 1 is 1.46 bits per heavy atom. The van der Waals surface area contributed by atoms with E-state index in [-0.39, 0.29) is 12.3 Å². The van der Waals surface area contributed by atoms with Crippen molar-refractivity contribution in [3.05, 3.63) is 33.8 Å². The van der Waals surface area contributed by atoms with Gasteiger partial charge in [-0.3, -0.25) is 4.79 Å². The van der Waals surface area contributed by atoms with Gasteiger partial charge in [-0.1, -0.05) is 11.6 Å². The van der Waals surface area contributed by atoms with Crippen molar-refractivity contribution >= 4 is 17.4 Å². The first-order valence-electron chi connectivity index (χ1n) is 4.06. The van der Waals surface area contributed by atoms with E-state index < -0.39 is 0 Å². The van der Waals surface area contributed by atoms with Gasteiger partial charge in [0, 0.05) is 10.6 Å². The van der Waals surface area contributed by atoms with Crippen LogP contribution in [-0.4, -0.2) is 12.3 Å². The SMILES string of the molecule is Cc1cc(Cl)c(C)c(C(=O)CN)c1. The lowest BCUT2D eigenvalue weighted by Gasteiger charge is -2.06. The molecule has 0 saturated carbocycles. The van der Waals surface area contributed by atoms with Crippen LogP contribution in [0.1, 0.15) is 21.5 Å². The molecule has 0 bridgehead atoms. The maximum atomic E-state index is 11.4. The number of hydrogen-bond acceptors (Lipinski definition) is 2. The van der Waals surface area contributed by atoms with Crippen LogP contribution in [0.2, 0.25) is 5.02 Å². The van der Waals surface area contributed by atoms with Crippen molar-refractivity contribution in [3.63, 3.8) is 0 Å². The molecule has 0 heterocycles. The molecule has 1 aromatic carbocycles. The molecule has 0 saturated heterocycles. The maximum absolute atomic E-state index is 11.4. The minimum atomic E-state index is -0.0666. The Labute approximate surface area is 82.7 Å². The van der Waals surface area contributed by atoms with E-state index >= 15 is 0 Å². The summed E-state index contributed by atoms with van der Waals surface area (Å²) in [5.74, 6) is -0.0666. The minimum Gasteiger partial charge on any atom is -0.324 e. The molecule has 0 fully saturated rings. The lowest BCUT2D eigenvalue weighted by Crippen LogP contribution is -2.15. The van der Waals surface area contributed by atoms with Crippen molar-refractivity contribution < 1.29 is 4.79 Å². The third kappa shape index (κ3) is 2.08. The fourth-order valence-corrected chi connectivity index (χ4v) is 1.49. The summed E-state index contributed by atoms with van der Waals surface area (Å²) in [6.45, 7) is 3.75. The molecule has 0 aliphatic carbocycles. The summed E-state index contributed by atoms with van der Waals surface area (Å²) in [5, 5.41) is 0.622. The first kappa shape index (κ1) is 10.2. The van der Waals surface area contributed by atoms with Crippen LogP contribution in [0.15, 0.2) is 12.1 Å². The van der Waals surface area contributed by atoms with E-state index in [4.69, 9.17) is 17.3 Å². The highest BCUT2D eigenvalue weighted by molar-refractivity contribution is 6.32. The van der Waals surface area contributed by atoms with E-state index in [1.165, 1.54) is 0 Å². The average molecular weight is 198 g/mol. The third-order valence-electron chi connectivity index (χ3n) is 1.97. The summed E-state index contributed by atoms with van der Waals surface area (Å²) in [7, 11) is 0. The molecule has 0 aliphatic rings. The smallest absolute Gasteiger partial charge is 0.176 e. The van der Waals surface area contributed by atoms with Crippen molar-refractivity contribution in [3.8, 4) is 0 Å². The van der Waals surface area contributed by atoms with Gasteiger partial charge >= 0.3 is 0 Å². The highest BCUT2D eigenvalue weighted by atomic mass is 35.5. The molecule has 3 heteroatoms. The topological polar surface area (TPSA) is 43.1 Å². The molecule has 0 aliphatic heterocycles. The van der Waals surface area contributed by atoms with Crippen LogP contribution < -0.4 is 5.73 Å². The van der Waals surface area contributed by atoms with Crippen LogP contribution in [0.4, 0.5) is 0 Å². The predicted molar refractivity (Wildman–Crippen MR) is 54.3 cm³/mol. The van der Waals surface area contributed by atoms with Crippen LogP contribution in [0.25, 0.3) is 0 Å². The van der Waals surface area contributed by atoms with Gasteiger partial charge in [-0.25, -0.2) is 0 Å². The highest BCUT2D eigenvalue weighted by Crippen LogP contribution is 2.21. The Morgan fingerprint density at radius 3 is 2.62 bits per heavy atom. The fourth-order valence-electron chi connectivity index (χ4n) is 1.21. The first-order valence-corrected chi connectivity index (χ1v) is 4.44. The van der Waals surface area contributed by atoms with E-state index in [1.54, 1.807) is 0 Å². The second-order valence-electron chi connectivity index (χ2n) is 3.05. The standard InChI is InChI=1S/C10H12ClNO/c1-6-3-8(10(13)5-12)7(2)9(11)4-6/h3-4H,5,12H2,1-2H3.